The number of anilines is 2. The standard InChI is InChI=1S/C19H23N5O4/c1-4-27-16(25)9-13-10-20-19-22-18(23-24(19)17(13)26)21-14-5-7-15(8-6-14)28-11-12(2)3/h5-8,10,12H,4,9,11H2,1-3H3,(H2,20,21,22,23). The molecule has 0 saturated heterocycles. The van der Waals surface area contributed by atoms with Crippen LogP contribution in [0.15, 0.2) is 35.3 Å². The molecule has 0 radical (unpaired) electrons. The third-order valence-electron chi connectivity index (χ3n) is 3.78. The van der Waals surface area contributed by atoms with Crippen molar-refractivity contribution in [2.75, 3.05) is 18.5 Å². The Morgan fingerprint density at radius 2 is 2.04 bits per heavy atom. The maximum Gasteiger partial charge on any atom is 0.310 e. The van der Waals surface area contributed by atoms with E-state index in [1.165, 1.54) is 10.7 Å². The molecule has 28 heavy (non-hydrogen) atoms. The SMILES string of the molecule is CCOC(=O)Cc1cnc2nc(Nc3ccc(OCC(C)C)cc3)[nH]n2c1=O. The molecule has 1 aromatic carbocycles. The highest BCUT2D eigenvalue weighted by atomic mass is 16.5. The Kier molecular flexibility index (Phi) is 5.93. The van der Waals surface area contributed by atoms with Crippen LogP contribution >= 0.6 is 0 Å². The van der Waals surface area contributed by atoms with Gasteiger partial charge >= 0.3 is 5.97 Å². The molecule has 0 saturated carbocycles. The van der Waals surface area contributed by atoms with E-state index in [4.69, 9.17) is 9.47 Å². The zero-order valence-electron chi connectivity index (χ0n) is 16.1. The molecule has 0 atom stereocenters. The topological polar surface area (TPSA) is 111 Å². The number of benzene rings is 1. The summed E-state index contributed by atoms with van der Waals surface area (Å²) in [5.74, 6) is 1.32. The maximum atomic E-state index is 12.5. The molecule has 0 aliphatic heterocycles. The van der Waals surface area contributed by atoms with Gasteiger partial charge in [-0.2, -0.15) is 9.50 Å². The number of H-pyrrole nitrogens is 1. The Labute approximate surface area is 161 Å². The van der Waals surface area contributed by atoms with Crippen molar-refractivity contribution >= 4 is 23.4 Å². The molecule has 3 aromatic rings. The van der Waals surface area contributed by atoms with Gasteiger partial charge in [0.2, 0.25) is 5.95 Å². The normalized spacial score (nSPS) is 11.0. The van der Waals surface area contributed by atoms with Crippen LogP contribution in [0.1, 0.15) is 26.3 Å². The van der Waals surface area contributed by atoms with Crippen molar-refractivity contribution in [3.63, 3.8) is 0 Å². The highest BCUT2D eigenvalue weighted by Gasteiger charge is 2.13. The fourth-order valence-corrected chi connectivity index (χ4v) is 2.47. The van der Waals surface area contributed by atoms with Gasteiger partial charge in [0.05, 0.1) is 19.6 Å². The summed E-state index contributed by atoms with van der Waals surface area (Å²) in [6, 6.07) is 7.42. The quantitative estimate of drug-likeness (QED) is 0.572. The lowest BCUT2D eigenvalue weighted by atomic mass is 10.2. The smallest absolute Gasteiger partial charge is 0.310 e. The molecule has 9 nitrogen and oxygen atoms in total. The minimum Gasteiger partial charge on any atom is -0.493 e. The molecule has 0 spiro atoms. The van der Waals surface area contributed by atoms with Crippen molar-refractivity contribution in [2.24, 2.45) is 5.92 Å². The van der Waals surface area contributed by atoms with Crippen LogP contribution in [0.25, 0.3) is 5.78 Å². The summed E-state index contributed by atoms with van der Waals surface area (Å²) < 4.78 is 11.7. The summed E-state index contributed by atoms with van der Waals surface area (Å²) in [7, 11) is 0. The van der Waals surface area contributed by atoms with Crippen LogP contribution in [-0.2, 0) is 16.0 Å². The molecule has 0 bridgehead atoms. The lowest BCUT2D eigenvalue weighted by Gasteiger charge is -2.09. The number of aromatic amines is 1. The molecule has 0 unspecified atom stereocenters. The highest BCUT2D eigenvalue weighted by Crippen LogP contribution is 2.19. The van der Waals surface area contributed by atoms with Gasteiger partial charge in [-0.15, -0.1) is 0 Å². The van der Waals surface area contributed by atoms with Crippen molar-refractivity contribution in [3.05, 3.63) is 46.4 Å². The maximum absolute atomic E-state index is 12.5. The van der Waals surface area contributed by atoms with E-state index in [9.17, 15) is 9.59 Å². The van der Waals surface area contributed by atoms with Crippen molar-refractivity contribution in [2.45, 2.75) is 27.2 Å². The fraction of sp³-hybridized carbons (Fsp3) is 0.368. The van der Waals surface area contributed by atoms with E-state index in [-0.39, 0.29) is 24.4 Å². The number of nitrogens with zero attached hydrogens (tertiary/aromatic N) is 3. The van der Waals surface area contributed by atoms with Crippen molar-refractivity contribution < 1.29 is 14.3 Å². The van der Waals surface area contributed by atoms with E-state index in [1.807, 2.05) is 24.3 Å². The average Bonchev–Trinajstić information content (AvgIpc) is 3.07. The molecule has 0 aliphatic carbocycles. The number of hydrogen-bond donors (Lipinski definition) is 2. The summed E-state index contributed by atoms with van der Waals surface area (Å²) >= 11 is 0. The summed E-state index contributed by atoms with van der Waals surface area (Å²) in [5, 5.41) is 5.93. The van der Waals surface area contributed by atoms with Gasteiger partial charge in [0.1, 0.15) is 5.75 Å². The Morgan fingerprint density at radius 1 is 1.29 bits per heavy atom. The van der Waals surface area contributed by atoms with Gasteiger partial charge < -0.3 is 14.8 Å². The third kappa shape index (κ3) is 4.67. The number of esters is 1. The third-order valence-corrected chi connectivity index (χ3v) is 3.78. The first-order valence-electron chi connectivity index (χ1n) is 9.08. The Morgan fingerprint density at radius 3 is 2.71 bits per heavy atom. The Hall–Kier alpha value is -3.36. The number of carbonyl (C=O) groups is 1. The largest absolute Gasteiger partial charge is 0.493 e. The van der Waals surface area contributed by atoms with Crippen LogP contribution in [0.3, 0.4) is 0 Å². The molecule has 2 heterocycles. The van der Waals surface area contributed by atoms with Crippen LogP contribution in [0.2, 0.25) is 0 Å². The molecular formula is C19H23N5O4. The van der Waals surface area contributed by atoms with Crippen LogP contribution in [0, 0.1) is 5.92 Å². The molecule has 3 rings (SSSR count). The summed E-state index contributed by atoms with van der Waals surface area (Å²) in [4.78, 5) is 32.5. The number of nitrogens with one attached hydrogen (secondary N) is 2. The minimum absolute atomic E-state index is 0.137. The van der Waals surface area contributed by atoms with Crippen LogP contribution < -0.4 is 15.6 Å². The minimum atomic E-state index is -0.473. The van der Waals surface area contributed by atoms with Gasteiger partial charge in [-0.05, 0) is 37.1 Å². The lowest BCUT2D eigenvalue weighted by Crippen LogP contribution is -2.22. The molecule has 0 amide bonds. The number of fused-ring (bicyclic) bond motifs is 1. The molecular weight excluding hydrogens is 362 g/mol. The van der Waals surface area contributed by atoms with E-state index in [2.05, 4.69) is 34.2 Å². The first kappa shape index (κ1) is 19.4. The van der Waals surface area contributed by atoms with E-state index in [0.717, 1.165) is 11.4 Å². The zero-order valence-corrected chi connectivity index (χ0v) is 16.1. The van der Waals surface area contributed by atoms with Crippen molar-refractivity contribution in [3.8, 4) is 5.75 Å². The second-order valence-corrected chi connectivity index (χ2v) is 6.63. The molecule has 0 fully saturated rings. The summed E-state index contributed by atoms with van der Waals surface area (Å²) in [5.41, 5.74) is 0.615. The highest BCUT2D eigenvalue weighted by molar-refractivity contribution is 5.72. The second-order valence-electron chi connectivity index (χ2n) is 6.63. The number of rotatable bonds is 8. The molecule has 0 aliphatic rings. The Balaban J connectivity index is 1.74. The number of hydrogen-bond acceptors (Lipinski definition) is 7. The van der Waals surface area contributed by atoms with Gasteiger partial charge in [-0.25, -0.2) is 4.98 Å². The van der Waals surface area contributed by atoms with E-state index in [1.54, 1.807) is 6.92 Å². The predicted molar refractivity (Wildman–Crippen MR) is 104 cm³/mol. The lowest BCUT2D eigenvalue weighted by molar-refractivity contribution is -0.142. The van der Waals surface area contributed by atoms with Gasteiger partial charge in [-0.1, -0.05) is 13.8 Å². The monoisotopic (exact) mass is 385 g/mol. The number of aromatic nitrogens is 4. The Bertz CT molecular complexity index is 1010. The van der Waals surface area contributed by atoms with E-state index < -0.39 is 11.5 Å². The summed E-state index contributed by atoms with van der Waals surface area (Å²) in [6.07, 6.45) is 1.21. The number of ether oxygens (including phenoxy) is 2. The first-order chi connectivity index (χ1) is 13.5. The van der Waals surface area contributed by atoms with Gasteiger partial charge in [0.25, 0.3) is 11.3 Å². The van der Waals surface area contributed by atoms with Gasteiger partial charge in [-0.3, -0.25) is 14.7 Å². The van der Waals surface area contributed by atoms with E-state index in [0.29, 0.717) is 18.5 Å². The fourth-order valence-electron chi connectivity index (χ4n) is 2.47. The molecule has 148 valence electrons. The van der Waals surface area contributed by atoms with E-state index >= 15 is 0 Å². The van der Waals surface area contributed by atoms with Crippen molar-refractivity contribution in [1.29, 1.82) is 0 Å². The molecule has 2 N–H and O–H groups in total. The van der Waals surface area contributed by atoms with Gasteiger partial charge in [0, 0.05) is 17.4 Å². The average molecular weight is 385 g/mol. The van der Waals surface area contributed by atoms with Crippen LogP contribution in [0.5, 0.6) is 5.75 Å². The zero-order chi connectivity index (χ0) is 20.1. The van der Waals surface area contributed by atoms with Crippen LogP contribution in [-0.4, -0.2) is 38.8 Å². The van der Waals surface area contributed by atoms with Gasteiger partial charge in [0.15, 0.2) is 0 Å². The van der Waals surface area contributed by atoms with Crippen molar-refractivity contribution in [1.82, 2.24) is 19.6 Å². The van der Waals surface area contributed by atoms with Crippen LogP contribution in [0.4, 0.5) is 11.6 Å². The number of carbonyl (C=O) groups excluding carboxylic acids is 1. The first-order valence-corrected chi connectivity index (χ1v) is 9.08. The second kappa shape index (κ2) is 8.55. The molecule has 9 heteroatoms. The summed E-state index contributed by atoms with van der Waals surface area (Å²) in [6.45, 7) is 6.80. The molecule has 2 aromatic heterocycles. The predicted octanol–water partition coefficient (Wildman–Crippen LogP) is 2.30.